The van der Waals surface area contributed by atoms with Crippen molar-refractivity contribution in [3.05, 3.63) is 5.01 Å². The zero-order valence-electron chi connectivity index (χ0n) is 13.1. The van der Waals surface area contributed by atoms with Gasteiger partial charge in [-0.05, 0) is 25.7 Å². The van der Waals surface area contributed by atoms with Crippen LogP contribution in [0.4, 0.5) is 9.93 Å². The van der Waals surface area contributed by atoms with Gasteiger partial charge in [0.25, 0.3) is 5.91 Å². The van der Waals surface area contributed by atoms with E-state index in [2.05, 4.69) is 20.8 Å². The van der Waals surface area contributed by atoms with Crippen molar-refractivity contribution in [2.75, 3.05) is 11.9 Å². The molecule has 8 nitrogen and oxygen atoms in total. The van der Waals surface area contributed by atoms with Crippen LogP contribution in [0.15, 0.2) is 0 Å². The molecule has 0 radical (unpaired) electrons. The molecule has 2 aliphatic rings. The second-order valence-electron chi connectivity index (χ2n) is 6.11. The summed E-state index contributed by atoms with van der Waals surface area (Å²) in [6.45, 7) is 3.45. The maximum absolute atomic E-state index is 12.7. The topological polar surface area (TPSA) is 104 Å². The van der Waals surface area contributed by atoms with Crippen molar-refractivity contribution in [1.82, 2.24) is 20.4 Å². The Balaban J connectivity index is 1.69. The Bertz CT molecular complexity index is 661. The molecule has 0 bridgehead atoms. The molecule has 2 fully saturated rings. The zero-order chi connectivity index (χ0) is 16.6. The number of amides is 4. The summed E-state index contributed by atoms with van der Waals surface area (Å²) < 4.78 is 0. The van der Waals surface area contributed by atoms with Crippen LogP contribution in [0.2, 0.25) is 0 Å². The number of hydrogen-bond donors (Lipinski definition) is 2. The van der Waals surface area contributed by atoms with Gasteiger partial charge in [-0.15, -0.1) is 10.2 Å². The third-order valence-corrected chi connectivity index (χ3v) is 5.33. The quantitative estimate of drug-likeness (QED) is 0.809. The van der Waals surface area contributed by atoms with E-state index in [9.17, 15) is 14.4 Å². The Labute approximate surface area is 137 Å². The Hall–Kier alpha value is -2.03. The highest BCUT2D eigenvalue weighted by Crippen LogP contribution is 2.38. The molecule has 1 spiro atoms. The summed E-state index contributed by atoms with van der Waals surface area (Å²) in [5.41, 5.74) is -0.838. The smallest absolute Gasteiger partial charge is 0.323 e. The van der Waals surface area contributed by atoms with Crippen molar-refractivity contribution in [3.63, 3.8) is 0 Å². The SMILES string of the molecule is Cc1nnc(NC(=O)CN2C(=O)NC3(CCCCC3C)C2=O)s1. The van der Waals surface area contributed by atoms with Crippen molar-refractivity contribution in [1.29, 1.82) is 0 Å². The van der Waals surface area contributed by atoms with E-state index >= 15 is 0 Å². The van der Waals surface area contributed by atoms with Crippen LogP contribution in [-0.4, -0.2) is 45.0 Å². The lowest BCUT2D eigenvalue weighted by molar-refractivity contribution is -0.136. The lowest BCUT2D eigenvalue weighted by atomic mass is 9.73. The van der Waals surface area contributed by atoms with E-state index in [-0.39, 0.29) is 18.4 Å². The molecule has 2 N–H and O–H groups in total. The number of carbonyl (C=O) groups is 3. The van der Waals surface area contributed by atoms with Crippen molar-refractivity contribution < 1.29 is 14.4 Å². The number of nitrogens with zero attached hydrogens (tertiary/aromatic N) is 3. The third-order valence-electron chi connectivity index (χ3n) is 4.58. The summed E-state index contributed by atoms with van der Waals surface area (Å²) >= 11 is 1.24. The molecule has 1 saturated heterocycles. The summed E-state index contributed by atoms with van der Waals surface area (Å²) in [4.78, 5) is 38.0. The van der Waals surface area contributed by atoms with Gasteiger partial charge in [0, 0.05) is 0 Å². The van der Waals surface area contributed by atoms with Crippen LogP contribution >= 0.6 is 11.3 Å². The molecule has 1 aromatic rings. The number of hydrogen-bond acceptors (Lipinski definition) is 6. The summed E-state index contributed by atoms with van der Waals surface area (Å²) in [5.74, 6) is -0.671. The van der Waals surface area contributed by atoms with Gasteiger partial charge in [-0.2, -0.15) is 0 Å². The molecule has 3 rings (SSSR count). The minimum atomic E-state index is -0.838. The Morgan fingerprint density at radius 1 is 1.43 bits per heavy atom. The highest BCUT2D eigenvalue weighted by molar-refractivity contribution is 7.15. The van der Waals surface area contributed by atoms with Crippen molar-refractivity contribution in [3.8, 4) is 0 Å². The molecule has 2 unspecified atom stereocenters. The number of imide groups is 1. The molecule has 2 atom stereocenters. The minimum absolute atomic E-state index is 0.0755. The first-order valence-corrected chi connectivity index (χ1v) is 8.48. The van der Waals surface area contributed by atoms with Crippen LogP contribution in [0.3, 0.4) is 0 Å². The van der Waals surface area contributed by atoms with Gasteiger partial charge in [0.05, 0.1) is 0 Å². The summed E-state index contributed by atoms with van der Waals surface area (Å²) in [6.07, 6.45) is 3.49. The monoisotopic (exact) mass is 337 g/mol. The van der Waals surface area contributed by atoms with Crippen LogP contribution < -0.4 is 10.6 Å². The van der Waals surface area contributed by atoms with Crippen LogP contribution in [0.25, 0.3) is 0 Å². The van der Waals surface area contributed by atoms with Crippen LogP contribution in [0.1, 0.15) is 37.6 Å². The molecule has 1 aliphatic carbocycles. The van der Waals surface area contributed by atoms with Gasteiger partial charge in [-0.1, -0.05) is 31.1 Å². The van der Waals surface area contributed by atoms with Gasteiger partial charge in [0.1, 0.15) is 17.1 Å². The number of anilines is 1. The second-order valence-corrected chi connectivity index (χ2v) is 7.30. The molecule has 23 heavy (non-hydrogen) atoms. The fourth-order valence-corrected chi connectivity index (χ4v) is 3.90. The Morgan fingerprint density at radius 2 is 2.22 bits per heavy atom. The first-order chi connectivity index (χ1) is 10.9. The molecule has 1 aromatic heterocycles. The number of aromatic nitrogens is 2. The van der Waals surface area contributed by atoms with Crippen molar-refractivity contribution in [2.45, 2.75) is 45.1 Å². The molecule has 9 heteroatoms. The summed E-state index contributed by atoms with van der Waals surface area (Å²) in [7, 11) is 0. The maximum Gasteiger partial charge on any atom is 0.325 e. The Kier molecular flexibility index (Phi) is 4.05. The predicted molar refractivity (Wildman–Crippen MR) is 83.9 cm³/mol. The van der Waals surface area contributed by atoms with Gasteiger partial charge in [-0.25, -0.2) is 4.79 Å². The molecule has 1 saturated carbocycles. The molecular weight excluding hydrogens is 318 g/mol. The summed E-state index contributed by atoms with van der Waals surface area (Å²) in [6, 6.07) is -0.493. The van der Waals surface area contributed by atoms with E-state index < -0.39 is 17.5 Å². The summed E-state index contributed by atoms with van der Waals surface area (Å²) in [5, 5.41) is 14.1. The number of rotatable bonds is 3. The van der Waals surface area contributed by atoms with Gasteiger partial charge in [-0.3, -0.25) is 19.8 Å². The highest BCUT2D eigenvalue weighted by Gasteiger charge is 2.55. The lowest BCUT2D eigenvalue weighted by Gasteiger charge is -2.36. The highest BCUT2D eigenvalue weighted by atomic mass is 32.1. The molecule has 4 amide bonds. The average Bonchev–Trinajstić information content (AvgIpc) is 3.00. The van der Waals surface area contributed by atoms with E-state index in [1.165, 1.54) is 11.3 Å². The molecule has 124 valence electrons. The van der Waals surface area contributed by atoms with Crippen molar-refractivity contribution >= 4 is 34.3 Å². The number of carbonyl (C=O) groups excluding carboxylic acids is 3. The van der Waals surface area contributed by atoms with E-state index in [0.29, 0.717) is 11.6 Å². The second kappa shape index (κ2) is 5.88. The largest absolute Gasteiger partial charge is 0.325 e. The third kappa shape index (κ3) is 2.80. The number of urea groups is 1. The molecule has 2 heterocycles. The van der Waals surface area contributed by atoms with Gasteiger partial charge < -0.3 is 5.32 Å². The zero-order valence-corrected chi connectivity index (χ0v) is 13.9. The van der Waals surface area contributed by atoms with E-state index in [0.717, 1.165) is 29.2 Å². The van der Waals surface area contributed by atoms with Crippen LogP contribution in [0.5, 0.6) is 0 Å². The first kappa shape index (κ1) is 15.9. The fraction of sp³-hybridized carbons (Fsp3) is 0.643. The van der Waals surface area contributed by atoms with Gasteiger partial charge >= 0.3 is 6.03 Å². The standard InChI is InChI=1S/C14H19N5O3S/c1-8-5-3-4-6-14(8)11(21)19(13(22)16-14)7-10(20)15-12-18-17-9(2)23-12/h8H,3-7H2,1-2H3,(H,16,22)(H,15,18,20). The predicted octanol–water partition coefficient (Wildman–Crippen LogP) is 1.29. The normalized spacial score (nSPS) is 27.4. The van der Waals surface area contributed by atoms with E-state index in [1.807, 2.05) is 6.92 Å². The molecule has 0 aromatic carbocycles. The lowest BCUT2D eigenvalue weighted by Crippen LogP contribution is -2.54. The molecule has 1 aliphatic heterocycles. The van der Waals surface area contributed by atoms with Crippen LogP contribution in [-0.2, 0) is 9.59 Å². The number of nitrogens with one attached hydrogen (secondary N) is 2. The van der Waals surface area contributed by atoms with E-state index in [4.69, 9.17) is 0 Å². The average molecular weight is 337 g/mol. The van der Waals surface area contributed by atoms with E-state index in [1.54, 1.807) is 6.92 Å². The van der Waals surface area contributed by atoms with Crippen molar-refractivity contribution in [2.24, 2.45) is 5.92 Å². The minimum Gasteiger partial charge on any atom is -0.323 e. The molecular formula is C14H19N5O3S. The van der Waals surface area contributed by atoms with Gasteiger partial charge in [0.15, 0.2) is 0 Å². The van der Waals surface area contributed by atoms with Crippen LogP contribution in [0, 0.1) is 12.8 Å². The number of aryl methyl sites for hydroxylation is 1. The fourth-order valence-electron chi connectivity index (χ4n) is 3.29. The van der Waals surface area contributed by atoms with Gasteiger partial charge in [0.2, 0.25) is 11.0 Å². The maximum atomic E-state index is 12.7. The first-order valence-electron chi connectivity index (χ1n) is 7.66. The Morgan fingerprint density at radius 3 is 2.87 bits per heavy atom.